The largest absolute Gasteiger partial charge is 0.452 e. The Hall–Kier alpha value is -1.37. The van der Waals surface area contributed by atoms with Crippen LogP contribution >= 0.6 is 11.6 Å². The molecule has 0 radical (unpaired) electrons. The standard InChI is InChI=1S/C10H10ClF3N4/c1-2-3-4-6-5-15-7(11)8-16-17-9(18(6)8)10(12,13)14/h5H,2-4H2,1H3. The molecule has 4 nitrogen and oxygen atoms in total. The molecule has 0 aliphatic carbocycles. The van der Waals surface area contributed by atoms with E-state index in [0.717, 1.165) is 17.2 Å². The molecule has 18 heavy (non-hydrogen) atoms. The lowest BCUT2D eigenvalue weighted by Crippen LogP contribution is -2.13. The predicted molar refractivity (Wildman–Crippen MR) is 59.4 cm³/mol. The van der Waals surface area contributed by atoms with Gasteiger partial charge < -0.3 is 0 Å². The number of fused-ring (bicyclic) bond motifs is 1. The molecule has 0 aromatic carbocycles. The molecule has 0 unspecified atom stereocenters. The minimum absolute atomic E-state index is 0.0578. The molecule has 2 aromatic heterocycles. The summed E-state index contributed by atoms with van der Waals surface area (Å²) in [7, 11) is 0. The van der Waals surface area contributed by atoms with E-state index in [1.54, 1.807) is 0 Å². The van der Waals surface area contributed by atoms with Crippen LogP contribution in [-0.4, -0.2) is 19.6 Å². The van der Waals surface area contributed by atoms with E-state index < -0.39 is 12.0 Å². The Bertz CT molecular complexity index is 564. The fourth-order valence-corrected chi connectivity index (χ4v) is 1.83. The molecule has 0 fully saturated rings. The molecule has 0 amide bonds. The van der Waals surface area contributed by atoms with E-state index in [9.17, 15) is 13.2 Å². The zero-order valence-corrected chi connectivity index (χ0v) is 10.3. The van der Waals surface area contributed by atoms with Crippen LogP contribution in [0.15, 0.2) is 6.20 Å². The molecule has 0 atom stereocenters. The Labute approximate surface area is 106 Å². The monoisotopic (exact) mass is 278 g/mol. The first kappa shape index (κ1) is 13.1. The molecule has 0 saturated carbocycles. The number of rotatable bonds is 3. The van der Waals surface area contributed by atoms with Crippen LogP contribution in [0.3, 0.4) is 0 Å². The quantitative estimate of drug-likeness (QED) is 0.866. The van der Waals surface area contributed by atoms with Gasteiger partial charge in [0.2, 0.25) is 5.82 Å². The van der Waals surface area contributed by atoms with Crippen LogP contribution in [-0.2, 0) is 12.6 Å². The third kappa shape index (κ3) is 2.27. The lowest BCUT2D eigenvalue weighted by atomic mass is 10.2. The van der Waals surface area contributed by atoms with E-state index in [1.165, 1.54) is 6.20 Å². The van der Waals surface area contributed by atoms with E-state index in [1.807, 2.05) is 6.92 Å². The van der Waals surface area contributed by atoms with E-state index in [4.69, 9.17) is 11.6 Å². The van der Waals surface area contributed by atoms with E-state index in [0.29, 0.717) is 12.1 Å². The number of aromatic nitrogens is 4. The van der Waals surface area contributed by atoms with Crippen LogP contribution in [0.25, 0.3) is 5.65 Å². The molecule has 0 bridgehead atoms. The van der Waals surface area contributed by atoms with E-state index in [2.05, 4.69) is 15.2 Å². The number of hydrogen-bond acceptors (Lipinski definition) is 3. The average Bonchev–Trinajstić information content (AvgIpc) is 2.73. The van der Waals surface area contributed by atoms with Gasteiger partial charge in [-0.1, -0.05) is 24.9 Å². The fourth-order valence-electron chi connectivity index (χ4n) is 1.65. The summed E-state index contributed by atoms with van der Waals surface area (Å²) in [6.45, 7) is 1.96. The minimum Gasteiger partial charge on any atom is -0.272 e. The fraction of sp³-hybridized carbons (Fsp3) is 0.500. The van der Waals surface area contributed by atoms with Crippen molar-refractivity contribution in [1.82, 2.24) is 19.6 Å². The molecule has 0 aliphatic rings. The third-order valence-electron chi connectivity index (χ3n) is 2.50. The van der Waals surface area contributed by atoms with Gasteiger partial charge in [-0.3, -0.25) is 4.40 Å². The lowest BCUT2D eigenvalue weighted by molar-refractivity contribution is -0.145. The summed E-state index contributed by atoms with van der Waals surface area (Å²) >= 11 is 5.72. The van der Waals surface area contributed by atoms with Gasteiger partial charge in [-0.15, -0.1) is 10.2 Å². The first-order valence-electron chi connectivity index (χ1n) is 5.41. The van der Waals surface area contributed by atoms with Gasteiger partial charge in [-0.05, 0) is 12.8 Å². The Balaban J connectivity index is 2.64. The summed E-state index contributed by atoms with van der Waals surface area (Å²) in [6.07, 6.45) is -1.13. The van der Waals surface area contributed by atoms with Crippen LogP contribution in [0.2, 0.25) is 5.15 Å². The second kappa shape index (κ2) is 4.72. The Kier molecular flexibility index (Phi) is 3.43. The second-order valence-electron chi connectivity index (χ2n) is 3.82. The van der Waals surface area contributed by atoms with Crippen molar-refractivity contribution < 1.29 is 13.2 Å². The smallest absolute Gasteiger partial charge is 0.272 e. The summed E-state index contributed by atoms with van der Waals surface area (Å²) < 4.78 is 39.3. The van der Waals surface area contributed by atoms with E-state index in [-0.39, 0.29) is 10.8 Å². The van der Waals surface area contributed by atoms with Crippen LogP contribution in [0.5, 0.6) is 0 Å². The molecular weight excluding hydrogens is 269 g/mol. The van der Waals surface area contributed by atoms with Gasteiger partial charge in [0.25, 0.3) is 0 Å². The molecule has 98 valence electrons. The highest BCUT2D eigenvalue weighted by molar-refractivity contribution is 6.32. The first-order valence-corrected chi connectivity index (χ1v) is 5.78. The summed E-state index contributed by atoms with van der Waals surface area (Å²) in [6, 6.07) is 0. The van der Waals surface area contributed by atoms with Gasteiger partial charge >= 0.3 is 6.18 Å². The van der Waals surface area contributed by atoms with Gasteiger partial charge in [0, 0.05) is 11.9 Å². The number of aryl methyl sites for hydroxylation is 1. The number of alkyl halides is 3. The van der Waals surface area contributed by atoms with Crippen molar-refractivity contribution in [3.8, 4) is 0 Å². The lowest BCUT2D eigenvalue weighted by Gasteiger charge is -2.09. The van der Waals surface area contributed by atoms with Gasteiger partial charge in [-0.25, -0.2) is 4.98 Å². The molecule has 0 spiro atoms. The van der Waals surface area contributed by atoms with E-state index >= 15 is 0 Å². The Morgan fingerprint density at radius 3 is 2.67 bits per heavy atom. The zero-order valence-electron chi connectivity index (χ0n) is 9.50. The average molecular weight is 279 g/mol. The van der Waals surface area contributed by atoms with Crippen LogP contribution in [0, 0.1) is 0 Å². The minimum atomic E-state index is -4.56. The van der Waals surface area contributed by atoms with Crippen LogP contribution in [0.1, 0.15) is 31.3 Å². The second-order valence-corrected chi connectivity index (χ2v) is 4.18. The molecule has 0 saturated heterocycles. The van der Waals surface area contributed by atoms with Gasteiger partial charge in [0.1, 0.15) is 0 Å². The van der Waals surface area contributed by atoms with Crippen molar-refractivity contribution in [2.24, 2.45) is 0 Å². The summed E-state index contributed by atoms with van der Waals surface area (Å²) in [4.78, 5) is 3.83. The topological polar surface area (TPSA) is 43.1 Å². The highest BCUT2D eigenvalue weighted by atomic mass is 35.5. The summed E-state index contributed by atoms with van der Waals surface area (Å²) in [5.41, 5.74) is 0.353. The van der Waals surface area contributed by atoms with Crippen molar-refractivity contribution in [1.29, 1.82) is 0 Å². The zero-order chi connectivity index (χ0) is 13.3. The van der Waals surface area contributed by atoms with Crippen molar-refractivity contribution in [3.63, 3.8) is 0 Å². The number of halogens is 4. The van der Waals surface area contributed by atoms with Crippen molar-refractivity contribution in [2.45, 2.75) is 32.4 Å². The predicted octanol–water partition coefficient (Wildman–Crippen LogP) is 3.14. The Morgan fingerprint density at radius 1 is 1.33 bits per heavy atom. The highest BCUT2D eigenvalue weighted by Gasteiger charge is 2.38. The normalized spacial score (nSPS) is 12.3. The Morgan fingerprint density at radius 2 is 2.06 bits per heavy atom. The van der Waals surface area contributed by atoms with Crippen LogP contribution in [0.4, 0.5) is 13.2 Å². The molecule has 2 heterocycles. The maximum absolute atomic E-state index is 12.8. The van der Waals surface area contributed by atoms with Gasteiger partial charge in [0.05, 0.1) is 0 Å². The molecule has 0 aliphatic heterocycles. The van der Waals surface area contributed by atoms with Gasteiger partial charge in [0.15, 0.2) is 10.8 Å². The van der Waals surface area contributed by atoms with Crippen molar-refractivity contribution in [3.05, 3.63) is 22.9 Å². The third-order valence-corrected chi connectivity index (χ3v) is 2.77. The molecule has 2 aromatic rings. The SMILES string of the molecule is CCCCc1cnc(Cl)c2nnc(C(F)(F)F)n12. The van der Waals surface area contributed by atoms with Crippen LogP contribution < -0.4 is 0 Å². The van der Waals surface area contributed by atoms with Crippen molar-refractivity contribution >= 4 is 17.2 Å². The molecule has 0 N–H and O–H groups in total. The highest BCUT2D eigenvalue weighted by Crippen LogP contribution is 2.30. The summed E-state index contributed by atoms with van der Waals surface area (Å²) in [5.74, 6) is -1.06. The first-order chi connectivity index (χ1) is 8.45. The summed E-state index contributed by atoms with van der Waals surface area (Å²) in [5, 5.41) is 6.53. The van der Waals surface area contributed by atoms with Crippen molar-refractivity contribution in [2.75, 3.05) is 0 Å². The molecular formula is C10H10ClF3N4. The maximum atomic E-state index is 12.8. The number of hydrogen-bond donors (Lipinski definition) is 0. The maximum Gasteiger partial charge on any atom is 0.452 e. The molecule has 2 rings (SSSR count). The van der Waals surface area contributed by atoms with Gasteiger partial charge in [-0.2, -0.15) is 13.2 Å². The molecule has 8 heteroatoms. The number of unbranched alkanes of at least 4 members (excludes halogenated alkanes) is 1. The number of nitrogens with zero attached hydrogens (tertiary/aromatic N) is 4.